The monoisotopic (exact) mass is 360 g/mol. The normalized spacial score (nSPS) is 10.5. The second kappa shape index (κ2) is 7.64. The maximum atomic E-state index is 13.1. The predicted octanol–water partition coefficient (Wildman–Crippen LogP) is 1.79. The number of methoxy groups -OCH3 is 2. The van der Waals surface area contributed by atoms with E-state index in [1.54, 1.807) is 0 Å². The Morgan fingerprint density at radius 1 is 1.15 bits per heavy atom. The van der Waals surface area contributed by atoms with Gasteiger partial charge in [-0.2, -0.15) is 0 Å². The Hall–Kier alpha value is -3.42. The lowest BCUT2D eigenvalue weighted by atomic mass is 9.96. The van der Waals surface area contributed by atoms with Crippen LogP contribution in [0.15, 0.2) is 34.0 Å². The molecule has 0 bridgehead atoms. The molecule has 136 valence electrons. The lowest BCUT2D eigenvalue weighted by Gasteiger charge is -2.15. The average Bonchev–Trinajstić information content (AvgIpc) is 2.62. The molecule has 1 heterocycles. The quantitative estimate of drug-likeness (QED) is 0.451. The zero-order chi connectivity index (χ0) is 19.4. The van der Waals surface area contributed by atoms with E-state index in [9.17, 15) is 19.2 Å². The maximum Gasteiger partial charge on any atom is 0.324 e. The van der Waals surface area contributed by atoms with Crippen molar-refractivity contribution < 1.29 is 33.0 Å². The summed E-state index contributed by atoms with van der Waals surface area (Å²) in [6.07, 6.45) is 1.19. The highest BCUT2D eigenvalue weighted by molar-refractivity contribution is 6.02. The van der Waals surface area contributed by atoms with Gasteiger partial charge < -0.3 is 18.6 Å². The highest BCUT2D eigenvalue weighted by atomic mass is 16.5. The van der Waals surface area contributed by atoms with Crippen LogP contribution < -0.4 is 10.2 Å². The Kier molecular flexibility index (Phi) is 5.56. The topological polar surface area (TPSA) is 109 Å². The summed E-state index contributed by atoms with van der Waals surface area (Å²) in [5, 5.41) is -0.0962. The number of hydrogen-bond acceptors (Lipinski definition) is 8. The highest BCUT2D eigenvalue weighted by Gasteiger charge is 2.36. The summed E-state index contributed by atoms with van der Waals surface area (Å²) >= 11 is 0. The fraction of sp³-hybridized carbons (Fsp3) is 0.222. The van der Waals surface area contributed by atoms with Crippen LogP contribution in [0.2, 0.25) is 0 Å². The fourth-order valence-electron chi connectivity index (χ4n) is 2.47. The SMILES string of the molecule is C=Cc1oc2cccc(OC(C)=O)c2c(=O)c1C(C(=O)OC)C(=O)OC. The Labute approximate surface area is 147 Å². The van der Waals surface area contributed by atoms with Crippen LogP contribution in [0.5, 0.6) is 5.75 Å². The van der Waals surface area contributed by atoms with E-state index < -0.39 is 29.3 Å². The molecule has 2 aromatic rings. The number of ether oxygens (including phenoxy) is 3. The first kappa shape index (κ1) is 18.9. The van der Waals surface area contributed by atoms with E-state index in [1.807, 2.05) is 0 Å². The first-order valence-electron chi connectivity index (χ1n) is 7.41. The van der Waals surface area contributed by atoms with Gasteiger partial charge in [-0.05, 0) is 18.2 Å². The molecule has 0 radical (unpaired) electrons. The molecule has 0 N–H and O–H groups in total. The van der Waals surface area contributed by atoms with E-state index in [0.717, 1.165) is 14.2 Å². The Morgan fingerprint density at radius 2 is 1.77 bits per heavy atom. The van der Waals surface area contributed by atoms with E-state index in [4.69, 9.17) is 9.15 Å². The molecule has 8 heteroatoms. The number of fused-ring (bicyclic) bond motifs is 1. The predicted molar refractivity (Wildman–Crippen MR) is 90.7 cm³/mol. The smallest absolute Gasteiger partial charge is 0.324 e. The van der Waals surface area contributed by atoms with Gasteiger partial charge in [-0.3, -0.25) is 19.2 Å². The van der Waals surface area contributed by atoms with Crippen LogP contribution in [0.4, 0.5) is 0 Å². The van der Waals surface area contributed by atoms with E-state index >= 15 is 0 Å². The molecule has 0 fully saturated rings. The minimum Gasteiger partial charge on any atom is -0.468 e. The summed E-state index contributed by atoms with van der Waals surface area (Å²) in [4.78, 5) is 48.6. The van der Waals surface area contributed by atoms with Crippen LogP contribution in [0.25, 0.3) is 17.0 Å². The van der Waals surface area contributed by atoms with E-state index in [0.29, 0.717) is 0 Å². The van der Waals surface area contributed by atoms with Crippen molar-refractivity contribution in [1.29, 1.82) is 0 Å². The third-order valence-corrected chi connectivity index (χ3v) is 3.55. The second-order valence-electron chi connectivity index (χ2n) is 5.12. The molecule has 0 aliphatic rings. The van der Waals surface area contributed by atoms with Gasteiger partial charge in [-0.15, -0.1) is 0 Å². The van der Waals surface area contributed by atoms with Crippen molar-refractivity contribution in [1.82, 2.24) is 0 Å². The summed E-state index contributed by atoms with van der Waals surface area (Å²) in [7, 11) is 2.14. The second-order valence-corrected chi connectivity index (χ2v) is 5.12. The number of benzene rings is 1. The lowest BCUT2D eigenvalue weighted by Crippen LogP contribution is -2.30. The molecule has 0 saturated heterocycles. The molecule has 0 spiro atoms. The largest absolute Gasteiger partial charge is 0.468 e. The molecule has 0 amide bonds. The first-order valence-corrected chi connectivity index (χ1v) is 7.41. The van der Waals surface area contributed by atoms with Gasteiger partial charge in [-0.25, -0.2) is 0 Å². The number of carbonyl (C=O) groups excluding carboxylic acids is 3. The fourth-order valence-corrected chi connectivity index (χ4v) is 2.47. The molecule has 0 aliphatic carbocycles. The van der Waals surface area contributed by atoms with Gasteiger partial charge in [0.1, 0.15) is 22.5 Å². The van der Waals surface area contributed by atoms with Gasteiger partial charge in [0.25, 0.3) is 0 Å². The van der Waals surface area contributed by atoms with Crippen LogP contribution in [0.1, 0.15) is 24.2 Å². The summed E-state index contributed by atoms with van der Waals surface area (Å²) < 4.78 is 19.8. The van der Waals surface area contributed by atoms with Gasteiger partial charge in [0.05, 0.1) is 19.8 Å². The van der Waals surface area contributed by atoms with E-state index in [-0.39, 0.29) is 28.0 Å². The maximum absolute atomic E-state index is 13.1. The molecule has 2 rings (SSSR count). The van der Waals surface area contributed by atoms with Crippen molar-refractivity contribution in [3.8, 4) is 5.75 Å². The third-order valence-electron chi connectivity index (χ3n) is 3.55. The minimum absolute atomic E-state index is 0.0610. The molecular formula is C18H16O8. The van der Waals surface area contributed by atoms with Crippen molar-refractivity contribution in [2.24, 2.45) is 0 Å². The Balaban J connectivity index is 2.91. The van der Waals surface area contributed by atoms with Crippen molar-refractivity contribution in [3.63, 3.8) is 0 Å². The summed E-state index contributed by atoms with van der Waals surface area (Å²) in [6, 6.07) is 4.39. The zero-order valence-electron chi connectivity index (χ0n) is 14.4. The minimum atomic E-state index is -1.68. The van der Waals surface area contributed by atoms with Crippen LogP contribution >= 0.6 is 0 Å². The molecule has 0 atom stereocenters. The molecule has 8 nitrogen and oxygen atoms in total. The van der Waals surface area contributed by atoms with Crippen molar-refractivity contribution in [2.45, 2.75) is 12.8 Å². The molecule has 1 aromatic carbocycles. The van der Waals surface area contributed by atoms with Gasteiger partial charge in [0.15, 0.2) is 5.92 Å². The van der Waals surface area contributed by atoms with Gasteiger partial charge in [-0.1, -0.05) is 12.6 Å². The first-order chi connectivity index (χ1) is 12.3. The molecule has 1 aromatic heterocycles. The van der Waals surface area contributed by atoms with Gasteiger partial charge in [0, 0.05) is 6.92 Å². The van der Waals surface area contributed by atoms with Crippen molar-refractivity contribution in [2.75, 3.05) is 14.2 Å². The van der Waals surface area contributed by atoms with Crippen LogP contribution in [-0.2, 0) is 23.9 Å². The Morgan fingerprint density at radius 3 is 2.27 bits per heavy atom. The van der Waals surface area contributed by atoms with Gasteiger partial charge in [0.2, 0.25) is 5.43 Å². The van der Waals surface area contributed by atoms with Gasteiger partial charge >= 0.3 is 17.9 Å². The van der Waals surface area contributed by atoms with Crippen LogP contribution in [0.3, 0.4) is 0 Å². The summed E-state index contributed by atoms with van der Waals surface area (Å²) in [5.74, 6) is -4.49. The van der Waals surface area contributed by atoms with Crippen molar-refractivity contribution in [3.05, 3.63) is 46.3 Å². The Bertz CT molecular complexity index is 938. The van der Waals surface area contributed by atoms with Crippen molar-refractivity contribution >= 4 is 35.0 Å². The molecule has 0 unspecified atom stereocenters. The molecule has 0 aliphatic heterocycles. The summed E-state index contributed by atoms with van der Waals surface area (Å²) in [5.41, 5.74) is -0.953. The van der Waals surface area contributed by atoms with E-state index in [1.165, 1.54) is 31.2 Å². The zero-order valence-corrected chi connectivity index (χ0v) is 14.4. The molecule has 0 saturated carbocycles. The number of rotatable bonds is 5. The standard InChI is InChI=1S/C18H16O8/c1-5-10-14(15(17(21)23-3)18(22)24-4)16(20)13-11(25-9(2)19)7-6-8-12(13)26-10/h5-8,15H,1H2,2-4H3. The number of esters is 3. The average molecular weight is 360 g/mol. The number of hydrogen-bond donors (Lipinski definition) is 0. The van der Waals surface area contributed by atoms with Crippen LogP contribution in [0, 0.1) is 0 Å². The summed E-state index contributed by atoms with van der Waals surface area (Å²) in [6.45, 7) is 4.71. The number of carbonyl (C=O) groups is 3. The van der Waals surface area contributed by atoms with E-state index in [2.05, 4.69) is 16.1 Å². The third kappa shape index (κ3) is 3.34. The molecule has 26 heavy (non-hydrogen) atoms. The molecular weight excluding hydrogens is 344 g/mol. The van der Waals surface area contributed by atoms with Crippen LogP contribution in [-0.4, -0.2) is 32.1 Å². The lowest BCUT2D eigenvalue weighted by molar-refractivity contribution is -0.154. The highest BCUT2D eigenvalue weighted by Crippen LogP contribution is 2.29.